The fourth-order valence-electron chi connectivity index (χ4n) is 3.14. The minimum absolute atomic E-state index is 0.120. The average molecular weight is 508 g/mol. The van der Waals surface area contributed by atoms with Crippen LogP contribution in [0, 0.1) is 6.92 Å². The van der Waals surface area contributed by atoms with Gasteiger partial charge in [-0.3, -0.25) is 0 Å². The number of nitrogens with zero attached hydrogens (tertiary/aromatic N) is 2. The second-order valence-corrected chi connectivity index (χ2v) is 7.60. The predicted molar refractivity (Wildman–Crippen MR) is 124 cm³/mol. The Kier molecular flexibility index (Phi) is 8.18. The molecule has 0 fully saturated rings. The number of rotatable bonds is 8. The number of aromatic nitrogens is 2. The van der Waals surface area contributed by atoms with Crippen molar-refractivity contribution < 1.29 is 32.2 Å². The maximum absolute atomic E-state index is 13.7. The number of anilines is 2. The van der Waals surface area contributed by atoms with Crippen LogP contribution in [0.25, 0.3) is 5.57 Å². The molecule has 11 heteroatoms. The molecular weight excluding hydrogens is 487 g/mol. The first-order valence-electron chi connectivity index (χ1n) is 10.1. The SMILES string of the molecule is CO/C=C(/C(=O)OC)c1ccccc1COc1nc(Nc2ccc(Cl)cc2)nc(C(F)(F)F)c1C. The molecule has 0 spiro atoms. The van der Waals surface area contributed by atoms with Gasteiger partial charge in [-0.05, 0) is 42.3 Å². The summed E-state index contributed by atoms with van der Waals surface area (Å²) in [5, 5.41) is 3.20. The Balaban J connectivity index is 1.97. The number of hydrogen-bond acceptors (Lipinski definition) is 7. The monoisotopic (exact) mass is 507 g/mol. The lowest BCUT2D eigenvalue weighted by Gasteiger charge is -2.17. The molecule has 0 amide bonds. The van der Waals surface area contributed by atoms with Gasteiger partial charge >= 0.3 is 12.1 Å². The summed E-state index contributed by atoms with van der Waals surface area (Å²) in [6, 6.07) is 13.0. The molecule has 0 aliphatic rings. The van der Waals surface area contributed by atoms with E-state index < -0.39 is 17.8 Å². The van der Waals surface area contributed by atoms with Gasteiger partial charge in [0.05, 0.1) is 20.5 Å². The van der Waals surface area contributed by atoms with Gasteiger partial charge in [0.15, 0.2) is 5.69 Å². The molecule has 0 aliphatic carbocycles. The van der Waals surface area contributed by atoms with Crippen molar-refractivity contribution in [3.05, 3.63) is 82.2 Å². The molecule has 3 aromatic rings. The van der Waals surface area contributed by atoms with E-state index in [1.54, 1.807) is 48.5 Å². The van der Waals surface area contributed by atoms with Crippen molar-refractivity contribution in [3.63, 3.8) is 0 Å². The largest absolute Gasteiger partial charge is 0.503 e. The van der Waals surface area contributed by atoms with Crippen LogP contribution in [0.2, 0.25) is 5.02 Å². The lowest BCUT2D eigenvalue weighted by atomic mass is 10.0. The van der Waals surface area contributed by atoms with E-state index in [-0.39, 0.29) is 29.6 Å². The number of carbonyl (C=O) groups excluding carboxylic acids is 1. The summed E-state index contributed by atoms with van der Waals surface area (Å²) in [4.78, 5) is 20.0. The van der Waals surface area contributed by atoms with Gasteiger partial charge in [-0.25, -0.2) is 9.78 Å². The summed E-state index contributed by atoms with van der Waals surface area (Å²) >= 11 is 5.86. The van der Waals surface area contributed by atoms with E-state index in [1.165, 1.54) is 27.4 Å². The van der Waals surface area contributed by atoms with Crippen LogP contribution in [0.5, 0.6) is 5.88 Å². The third-order valence-corrected chi connectivity index (χ3v) is 5.03. The molecule has 1 N–H and O–H groups in total. The minimum Gasteiger partial charge on any atom is -0.503 e. The maximum atomic E-state index is 13.7. The zero-order valence-electron chi connectivity index (χ0n) is 18.9. The van der Waals surface area contributed by atoms with Crippen molar-refractivity contribution in [1.29, 1.82) is 0 Å². The van der Waals surface area contributed by atoms with Gasteiger partial charge in [-0.15, -0.1) is 0 Å². The van der Waals surface area contributed by atoms with Crippen molar-refractivity contribution in [2.75, 3.05) is 19.5 Å². The van der Waals surface area contributed by atoms with E-state index in [4.69, 9.17) is 25.8 Å². The first kappa shape index (κ1) is 25.8. The molecule has 3 rings (SSSR count). The molecule has 184 valence electrons. The molecule has 1 heterocycles. The van der Waals surface area contributed by atoms with Crippen LogP contribution in [-0.2, 0) is 27.1 Å². The van der Waals surface area contributed by atoms with Crippen molar-refractivity contribution in [1.82, 2.24) is 9.97 Å². The molecule has 2 aromatic carbocycles. The van der Waals surface area contributed by atoms with E-state index in [2.05, 4.69) is 15.3 Å². The number of esters is 1. The van der Waals surface area contributed by atoms with Gasteiger partial charge in [0.1, 0.15) is 12.2 Å². The highest BCUT2D eigenvalue weighted by Crippen LogP contribution is 2.35. The molecule has 0 aliphatic heterocycles. The first-order chi connectivity index (χ1) is 16.6. The quantitative estimate of drug-likeness (QED) is 0.229. The number of halogens is 4. The van der Waals surface area contributed by atoms with Crippen LogP contribution < -0.4 is 10.1 Å². The van der Waals surface area contributed by atoms with E-state index in [9.17, 15) is 18.0 Å². The summed E-state index contributed by atoms with van der Waals surface area (Å²) in [6.07, 6.45) is -3.52. The Morgan fingerprint density at radius 1 is 1.09 bits per heavy atom. The Morgan fingerprint density at radius 3 is 2.40 bits per heavy atom. The Hall–Kier alpha value is -3.79. The molecule has 0 bridgehead atoms. The highest BCUT2D eigenvalue weighted by atomic mass is 35.5. The third-order valence-electron chi connectivity index (χ3n) is 4.78. The zero-order valence-corrected chi connectivity index (χ0v) is 19.7. The Morgan fingerprint density at radius 2 is 1.77 bits per heavy atom. The number of alkyl halides is 3. The smallest absolute Gasteiger partial charge is 0.433 e. The predicted octanol–water partition coefficient (Wildman–Crippen LogP) is 5.94. The average Bonchev–Trinajstić information content (AvgIpc) is 2.83. The lowest BCUT2D eigenvalue weighted by Crippen LogP contribution is -2.15. The minimum atomic E-state index is -4.74. The first-order valence-corrected chi connectivity index (χ1v) is 10.5. The summed E-state index contributed by atoms with van der Waals surface area (Å²) < 4.78 is 56.5. The Labute approximate surface area is 204 Å². The van der Waals surface area contributed by atoms with Crippen LogP contribution in [0.1, 0.15) is 22.4 Å². The Bertz CT molecular complexity index is 1230. The molecule has 0 saturated heterocycles. The summed E-state index contributed by atoms with van der Waals surface area (Å²) in [5.41, 5.74) is 0.0762. The molecule has 0 atom stereocenters. The maximum Gasteiger partial charge on any atom is 0.433 e. The molecule has 1 aromatic heterocycles. The van der Waals surface area contributed by atoms with E-state index in [1.807, 2.05) is 0 Å². The van der Waals surface area contributed by atoms with Gasteiger partial charge in [-0.2, -0.15) is 18.2 Å². The number of ether oxygens (including phenoxy) is 3. The van der Waals surface area contributed by atoms with Crippen molar-refractivity contribution in [3.8, 4) is 5.88 Å². The van der Waals surface area contributed by atoms with E-state index >= 15 is 0 Å². The summed E-state index contributed by atoms with van der Waals surface area (Å²) in [7, 11) is 2.60. The highest BCUT2D eigenvalue weighted by Gasteiger charge is 2.37. The van der Waals surface area contributed by atoms with Crippen LogP contribution in [0.4, 0.5) is 24.8 Å². The number of carbonyl (C=O) groups is 1. The second kappa shape index (κ2) is 11.1. The fourth-order valence-corrected chi connectivity index (χ4v) is 3.26. The van der Waals surface area contributed by atoms with Crippen molar-refractivity contribution in [2.24, 2.45) is 0 Å². The topological polar surface area (TPSA) is 82.6 Å². The van der Waals surface area contributed by atoms with Crippen molar-refractivity contribution >= 4 is 34.8 Å². The molecule has 0 unspecified atom stereocenters. The van der Waals surface area contributed by atoms with Crippen LogP contribution in [-0.4, -0.2) is 30.2 Å². The lowest BCUT2D eigenvalue weighted by molar-refractivity contribution is -0.141. The fraction of sp³-hybridized carbons (Fsp3) is 0.208. The van der Waals surface area contributed by atoms with Gasteiger partial charge < -0.3 is 19.5 Å². The van der Waals surface area contributed by atoms with E-state index in [0.717, 1.165) is 0 Å². The number of nitrogens with one attached hydrogen (secondary N) is 1. The number of methoxy groups -OCH3 is 2. The van der Waals surface area contributed by atoms with Gasteiger partial charge in [0.2, 0.25) is 11.8 Å². The van der Waals surface area contributed by atoms with Gasteiger partial charge in [0, 0.05) is 16.3 Å². The molecule has 7 nitrogen and oxygen atoms in total. The number of hydrogen-bond donors (Lipinski definition) is 1. The van der Waals surface area contributed by atoms with Gasteiger partial charge in [0.25, 0.3) is 0 Å². The van der Waals surface area contributed by atoms with Crippen molar-refractivity contribution in [2.45, 2.75) is 19.7 Å². The molecule has 0 radical (unpaired) electrons. The van der Waals surface area contributed by atoms with Gasteiger partial charge in [-0.1, -0.05) is 35.9 Å². The molecule has 35 heavy (non-hydrogen) atoms. The second-order valence-electron chi connectivity index (χ2n) is 7.16. The third kappa shape index (κ3) is 6.42. The summed E-state index contributed by atoms with van der Waals surface area (Å²) in [5.74, 6) is -1.22. The molecular formula is C24H21ClF3N3O4. The highest BCUT2D eigenvalue weighted by molar-refractivity contribution is 6.30. The van der Waals surface area contributed by atoms with E-state index in [0.29, 0.717) is 21.8 Å². The summed E-state index contributed by atoms with van der Waals surface area (Å²) in [6.45, 7) is 1.03. The number of benzene rings is 2. The van der Waals surface area contributed by atoms with Crippen LogP contribution in [0.3, 0.4) is 0 Å². The van der Waals surface area contributed by atoms with Crippen LogP contribution in [0.15, 0.2) is 54.8 Å². The zero-order chi connectivity index (χ0) is 25.6. The normalized spacial score (nSPS) is 11.7. The molecule has 0 saturated carbocycles. The van der Waals surface area contributed by atoms with Crippen LogP contribution >= 0.6 is 11.6 Å². The standard InChI is InChI=1S/C24H21ClF3N3O4/c1-14-20(24(26,27)28)30-23(29-17-10-8-16(25)9-11-17)31-21(14)35-12-15-6-4-5-7-18(15)19(13-33-2)22(32)34-3/h4-11,13H,12H2,1-3H3,(H,29,30,31)/b19-13+.